The molecular formula is C12H16N4. The number of hydrogen-bond donors (Lipinski definition) is 2. The SMILES string of the molecule is CCc1ccc(CC(N)c2ncn[nH]2)cc1. The summed E-state index contributed by atoms with van der Waals surface area (Å²) in [6, 6.07) is 8.41. The molecule has 4 heteroatoms. The van der Waals surface area contributed by atoms with Gasteiger partial charge in [-0.2, -0.15) is 5.10 Å². The van der Waals surface area contributed by atoms with Crippen molar-refractivity contribution in [1.29, 1.82) is 0 Å². The Labute approximate surface area is 94.9 Å². The van der Waals surface area contributed by atoms with Crippen LogP contribution in [0.25, 0.3) is 0 Å². The van der Waals surface area contributed by atoms with Crippen molar-refractivity contribution < 1.29 is 0 Å². The van der Waals surface area contributed by atoms with E-state index in [1.54, 1.807) is 0 Å². The smallest absolute Gasteiger partial charge is 0.141 e. The zero-order chi connectivity index (χ0) is 11.4. The molecule has 16 heavy (non-hydrogen) atoms. The molecule has 1 atom stereocenters. The first kappa shape index (κ1) is 10.8. The maximum atomic E-state index is 6.01. The van der Waals surface area contributed by atoms with Gasteiger partial charge in [-0.15, -0.1) is 0 Å². The minimum Gasteiger partial charge on any atom is -0.321 e. The van der Waals surface area contributed by atoms with Gasteiger partial charge in [-0.3, -0.25) is 5.10 Å². The van der Waals surface area contributed by atoms with E-state index in [1.165, 1.54) is 17.5 Å². The third-order valence-corrected chi connectivity index (χ3v) is 2.67. The van der Waals surface area contributed by atoms with E-state index in [0.29, 0.717) is 0 Å². The third kappa shape index (κ3) is 2.46. The van der Waals surface area contributed by atoms with Gasteiger partial charge in [0.1, 0.15) is 12.2 Å². The Bertz CT molecular complexity index is 419. The van der Waals surface area contributed by atoms with Crippen LogP contribution in [-0.4, -0.2) is 15.2 Å². The topological polar surface area (TPSA) is 67.6 Å². The molecule has 1 aromatic carbocycles. The molecule has 0 aliphatic rings. The highest BCUT2D eigenvalue weighted by molar-refractivity contribution is 5.23. The first-order valence-electron chi connectivity index (χ1n) is 5.48. The van der Waals surface area contributed by atoms with Crippen LogP contribution in [0.5, 0.6) is 0 Å². The summed E-state index contributed by atoms with van der Waals surface area (Å²) in [5.74, 6) is 0.736. The molecule has 0 aliphatic carbocycles. The van der Waals surface area contributed by atoms with E-state index in [2.05, 4.69) is 46.4 Å². The summed E-state index contributed by atoms with van der Waals surface area (Å²) in [5.41, 5.74) is 8.58. The van der Waals surface area contributed by atoms with Crippen molar-refractivity contribution in [3.63, 3.8) is 0 Å². The van der Waals surface area contributed by atoms with Crippen molar-refractivity contribution in [3.8, 4) is 0 Å². The van der Waals surface area contributed by atoms with E-state index in [-0.39, 0.29) is 6.04 Å². The van der Waals surface area contributed by atoms with Crippen LogP contribution < -0.4 is 5.73 Å². The maximum absolute atomic E-state index is 6.01. The minimum absolute atomic E-state index is 0.116. The number of aromatic amines is 1. The molecule has 1 unspecified atom stereocenters. The lowest BCUT2D eigenvalue weighted by molar-refractivity contribution is 0.671. The number of nitrogens with two attached hydrogens (primary N) is 1. The largest absolute Gasteiger partial charge is 0.321 e. The molecule has 1 heterocycles. The van der Waals surface area contributed by atoms with Gasteiger partial charge >= 0.3 is 0 Å². The van der Waals surface area contributed by atoms with Crippen molar-refractivity contribution >= 4 is 0 Å². The molecule has 0 saturated carbocycles. The van der Waals surface area contributed by atoms with Gasteiger partial charge in [-0.05, 0) is 24.0 Å². The summed E-state index contributed by atoms with van der Waals surface area (Å²) in [6.45, 7) is 2.15. The Kier molecular flexibility index (Phi) is 3.31. The summed E-state index contributed by atoms with van der Waals surface area (Å²) in [5, 5.41) is 6.59. The van der Waals surface area contributed by atoms with Crippen molar-refractivity contribution in [2.24, 2.45) is 5.73 Å². The van der Waals surface area contributed by atoms with Gasteiger partial charge < -0.3 is 5.73 Å². The van der Waals surface area contributed by atoms with Crippen molar-refractivity contribution in [1.82, 2.24) is 15.2 Å². The summed E-state index contributed by atoms with van der Waals surface area (Å²) in [4.78, 5) is 4.05. The third-order valence-electron chi connectivity index (χ3n) is 2.67. The molecule has 0 fully saturated rings. The predicted molar refractivity (Wildman–Crippen MR) is 62.8 cm³/mol. The van der Waals surface area contributed by atoms with Gasteiger partial charge in [0.2, 0.25) is 0 Å². The van der Waals surface area contributed by atoms with E-state index >= 15 is 0 Å². The summed E-state index contributed by atoms with van der Waals surface area (Å²) in [7, 11) is 0. The quantitative estimate of drug-likeness (QED) is 0.815. The number of hydrogen-bond acceptors (Lipinski definition) is 3. The molecule has 2 aromatic rings. The lowest BCUT2D eigenvalue weighted by atomic mass is 10.0. The molecule has 3 N–H and O–H groups in total. The highest BCUT2D eigenvalue weighted by Crippen LogP contribution is 2.13. The molecule has 0 aliphatic heterocycles. The average Bonchev–Trinajstić information content (AvgIpc) is 2.83. The molecule has 2 rings (SSSR count). The number of benzene rings is 1. The lowest BCUT2D eigenvalue weighted by Crippen LogP contribution is -2.15. The Balaban J connectivity index is 2.03. The molecular weight excluding hydrogens is 200 g/mol. The fourth-order valence-electron chi connectivity index (χ4n) is 1.66. The number of nitrogens with zero attached hydrogens (tertiary/aromatic N) is 2. The fourth-order valence-corrected chi connectivity index (χ4v) is 1.66. The highest BCUT2D eigenvalue weighted by Gasteiger charge is 2.09. The normalized spacial score (nSPS) is 12.6. The molecule has 84 valence electrons. The van der Waals surface area contributed by atoms with Crippen molar-refractivity contribution in [2.45, 2.75) is 25.8 Å². The molecule has 0 spiro atoms. The van der Waals surface area contributed by atoms with Crippen LogP contribution in [0.1, 0.15) is 29.9 Å². The van der Waals surface area contributed by atoms with Crippen LogP contribution in [0.2, 0.25) is 0 Å². The van der Waals surface area contributed by atoms with E-state index in [1.807, 2.05) is 0 Å². The first-order valence-corrected chi connectivity index (χ1v) is 5.48. The molecule has 0 amide bonds. The summed E-state index contributed by atoms with van der Waals surface area (Å²) < 4.78 is 0. The van der Waals surface area contributed by atoms with E-state index in [0.717, 1.165) is 18.7 Å². The minimum atomic E-state index is -0.116. The number of aromatic nitrogens is 3. The van der Waals surface area contributed by atoms with Gasteiger partial charge in [0.05, 0.1) is 6.04 Å². The van der Waals surface area contributed by atoms with Gasteiger partial charge in [-0.1, -0.05) is 31.2 Å². The standard InChI is InChI=1S/C12H16N4/c1-2-9-3-5-10(6-4-9)7-11(13)12-14-8-15-16-12/h3-6,8,11H,2,7,13H2,1H3,(H,14,15,16). The van der Waals surface area contributed by atoms with Crippen LogP contribution in [0.4, 0.5) is 0 Å². The van der Waals surface area contributed by atoms with Gasteiger partial charge in [0.25, 0.3) is 0 Å². The van der Waals surface area contributed by atoms with Crippen molar-refractivity contribution in [2.75, 3.05) is 0 Å². The molecule has 1 aromatic heterocycles. The van der Waals surface area contributed by atoms with Crippen LogP contribution in [0.3, 0.4) is 0 Å². The monoisotopic (exact) mass is 216 g/mol. The second kappa shape index (κ2) is 4.90. The summed E-state index contributed by atoms with van der Waals surface area (Å²) >= 11 is 0. The fraction of sp³-hybridized carbons (Fsp3) is 0.333. The number of nitrogens with one attached hydrogen (secondary N) is 1. The zero-order valence-electron chi connectivity index (χ0n) is 9.35. The van der Waals surface area contributed by atoms with E-state index in [4.69, 9.17) is 5.73 Å². The van der Waals surface area contributed by atoms with Crippen LogP contribution in [-0.2, 0) is 12.8 Å². The van der Waals surface area contributed by atoms with Crippen LogP contribution in [0.15, 0.2) is 30.6 Å². The van der Waals surface area contributed by atoms with Gasteiger partial charge in [0, 0.05) is 0 Å². The second-order valence-corrected chi connectivity index (χ2v) is 3.85. The van der Waals surface area contributed by atoms with Crippen molar-refractivity contribution in [3.05, 3.63) is 47.5 Å². The second-order valence-electron chi connectivity index (χ2n) is 3.85. The Morgan fingerprint density at radius 2 is 1.94 bits per heavy atom. The molecule has 0 saturated heterocycles. The number of aryl methyl sites for hydroxylation is 1. The summed E-state index contributed by atoms with van der Waals surface area (Å²) in [6.07, 6.45) is 3.32. The molecule has 0 radical (unpaired) electrons. The Morgan fingerprint density at radius 3 is 2.50 bits per heavy atom. The van der Waals surface area contributed by atoms with Gasteiger partial charge in [-0.25, -0.2) is 4.98 Å². The van der Waals surface area contributed by atoms with E-state index < -0.39 is 0 Å². The highest BCUT2D eigenvalue weighted by atomic mass is 15.2. The van der Waals surface area contributed by atoms with Crippen LogP contribution in [0, 0.1) is 0 Å². The number of H-pyrrole nitrogens is 1. The predicted octanol–water partition coefficient (Wildman–Crippen LogP) is 1.61. The Hall–Kier alpha value is -1.68. The van der Waals surface area contributed by atoms with Gasteiger partial charge in [0.15, 0.2) is 0 Å². The molecule has 0 bridgehead atoms. The van der Waals surface area contributed by atoms with E-state index in [9.17, 15) is 0 Å². The number of rotatable bonds is 4. The maximum Gasteiger partial charge on any atom is 0.141 e. The average molecular weight is 216 g/mol. The van der Waals surface area contributed by atoms with Crippen LogP contribution >= 0.6 is 0 Å². The zero-order valence-corrected chi connectivity index (χ0v) is 9.35. The molecule has 4 nitrogen and oxygen atoms in total. The first-order chi connectivity index (χ1) is 7.79. The lowest BCUT2D eigenvalue weighted by Gasteiger charge is -2.08. The Morgan fingerprint density at radius 1 is 1.25 bits per heavy atom.